The Morgan fingerprint density at radius 3 is 1.88 bits per heavy atom. The Hall–Kier alpha value is -0.0800. The topological polar surface area (TPSA) is 12.5 Å². The van der Waals surface area contributed by atoms with Crippen LogP contribution in [0.15, 0.2) is 0 Å². The van der Waals surface area contributed by atoms with Gasteiger partial charge in [0.1, 0.15) is 12.6 Å². The van der Waals surface area contributed by atoms with Crippen LogP contribution in [-0.4, -0.2) is 43.4 Å². The average Bonchev–Trinajstić information content (AvgIpc) is 3.08. The minimum Gasteiger partial charge on any atom is -0.367 e. The Balaban J connectivity index is 2.49. The normalized spacial score (nSPS) is 20.1. The van der Waals surface area contributed by atoms with Gasteiger partial charge >= 0.3 is 0 Å². The number of hydrogen-bond acceptors (Lipinski definition) is 1. The maximum Gasteiger partial charge on any atom is 0.130 e. The second-order valence-corrected chi connectivity index (χ2v) is 5.36. The molecular weight excluding hydrogens is 198 g/mol. The Bertz CT molecular complexity index is 170. The zero-order chi connectivity index (χ0) is 11.9. The summed E-state index contributed by atoms with van der Waals surface area (Å²) in [4.78, 5) is 0. The monoisotopic (exact) mass is 228 g/mol. The minimum atomic E-state index is 0.584. The predicted molar refractivity (Wildman–Crippen MR) is 69.6 cm³/mol. The molecule has 0 bridgehead atoms. The first-order valence-electron chi connectivity index (χ1n) is 7.23. The molecule has 0 aromatic carbocycles. The molecule has 1 aliphatic heterocycles. The zero-order valence-corrected chi connectivity index (χ0v) is 11.5. The van der Waals surface area contributed by atoms with Crippen LogP contribution in [0, 0.1) is 0 Å². The summed E-state index contributed by atoms with van der Waals surface area (Å²) in [7, 11) is 0. The lowest BCUT2D eigenvalue weighted by Crippen LogP contribution is -2.52. The Labute approximate surface area is 102 Å². The molecule has 1 unspecified atom stereocenters. The van der Waals surface area contributed by atoms with Crippen molar-refractivity contribution in [3.05, 3.63) is 0 Å². The molecule has 0 saturated carbocycles. The highest BCUT2D eigenvalue weighted by molar-refractivity contribution is 4.69. The van der Waals surface area contributed by atoms with E-state index in [1.54, 1.807) is 0 Å². The molecule has 0 N–H and O–H groups in total. The fourth-order valence-corrected chi connectivity index (χ4v) is 2.68. The van der Waals surface area contributed by atoms with Crippen molar-refractivity contribution in [2.45, 2.75) is 59.0 Å². The number of unbranched alkanes of at least 4 members (excludes halogenated alkanes) is 2. The number of hydrogen-bond donors (Lipinski definition) is 0. The molecular formula is C14H30NO+. The van der Waals surface area contributed by atoms with E-state index in [2.05, 4.69) is 20.8 Å². The first kappa shape index (κ1) is 14.0. The van der Waals surface area contributed by atoms with Crippen molar-refractivity contribution < 1.29 is 9.22 Å². The van der Waals surface area contributed by atoms with E-state index in [1.165, 1.54) is 62.8 Å². The van der Waals surface area contributed by atoms with E-state index in [4.69, 9.17) is 4.74 Å². The third-order valence-corrected chi connectivity index (χ3v) is 3.66. The van der Waals surface area contributed by atoms with Crippen LogP contribution in [0.4, 0.5) is 0 Å². The lowest BCUT2D eigenvalue weighted by atomic mass is 10.1. The molecule has 1 heterocycles. The number of epoxide rings is 1. The molecule has 0 spiro atoms. The lowest BCUT2D eigenvalue weighted by molar-refractivity contribution is -0.929. The third kappa shape index (κ3) is 4.84. The maximum absolute atomic E-state index is 5.45. The molecule has 0 aliphatic carbocycles. The van der Waals surface area contributed by atoms with E-state index in [9.17, 15) is 0 Å². The van der Waals surface area contributed by atoms with Gasteiger partial charge in [0.05, 0.1) is 26.2 Å². The van der Waals surface area contributed by atoms with Crippen molar-refractivity contribution in [3.63, 3.8) is 0 Å². The molecule has 0 radical (unpaired) electrons. The summed E-state index contributed by atoms with van der Waals surface area (Å²) in [6, 6.07) is 0. The molecule has 1 aliphatic rings. The molecule has 16 heavy (non-hydrogen) atoms. The standard InChI is InChI=1S/C14H30NO/c1-4-7-10-15(9-6-3,11-8-5-2)12-14-13-16-14/h14H,4-13H2,1-3H3/q+1. The van der Waals surface area contributed by atoms with Crippen molar-refractivity contribution in [1.29, 1.82) is 0 Å². The largest absolute Gasteiger partial charge is 0.367 e. The zero-order valence-electron chi connectivity index (χ0n) is 11.5. The van der Waals surface area contributed by atoms with E-state index >= 15 is 0 Å². The van der Waals surface area contributed by atoms with Gasteiger partial charge in [0, 0.05) is 0 Å². The molecule has 0 amide bonds. The molecule has 2 heteroatoms. The van der Waals surface area contributed by atoms with Crippen LogP contribution in [0.1, 0.15) is 52.9 Å². The van der Waals surface area contributed by atoms with Crippen molar-refractivity contribution >= 4 is 0 Å². The molecule has 1 fully saturated rings. The van der Waals surface area contributed by atoms with Gasteiger partial charge in [-0.15, -0.1) is 0 Å². The molecule has 0 aromatic rings. The minimum absolute atomic E-state index is 0.584. The fraction of sp³-hybridized carbons (Fsp3) is 1.00. The molecule has 1 atom stereocenters. The smallest absolute Gasteiger partial charge is 0.130 e. The van der Waals surface area contributed by atoms with Gasteiger partial charge in [0.25, 0.3) is 0 Å². The van der Waals surface area contributed by atoms with Crippen molar-refractivity contribution in [1.82, 2.24) is 0 Å². The van der Waals surface area contributed by atoms with E-state index < -0.39 is 0 Å². The first-order valence-corrected chi connectivity index (χ1v) is 7.23. The van der Waals surface area contributed by atoms with Crippen LogP contribution in [0.3, 0.4) is 0 Å². The highest BCUT2D eigenvalue weighted by Crippen LogP contribution is 2.20. The van der Waals surface area contributed by atoms with Crippen LogP contribution in [-0.2, 0) is 4.74 Å². The second-order valence-electron chi connectivity index (χ2n) is 5.36. The van der Waals surface area contributed by atoms with Gasteiger partial charge in [-0.05, 0) is 19.3 Å². The van der Waals surface area contributed by atoms with Crippen LogP contribution in [0.2, 0.25) is 0 Å². The predicted octanol–water partition coefficient (Wildman–Crippen LogP) is 3.21. The van der Waals surface area contributed by atoms with Gasteiger partial charge in [-0.2, -0.15) is 0 Å². The molecule has 96 valence electrons. The number of nitrogens with zero attached hydrogens (tertiary/aromatic N) is 1. The third-order valence-electron chi connectivity index (χ3n) is 3.66. The van der Waals surface area contributed by atoms with Gasteiger partial charge in [-0.3, -0.25) is 0 Å². The Morgan fingerprint density at radius 1 is 0.938 bits per heavy atom. The second kappa shape index (κ2) is 7.29. The molecule has 2 nitrogen and oxygen atoms in total. The van der Waals surface area contributed by atoms with Crippen LogP contribution in [0.5, 0.6) is 0 Å². The number of ether oxygens (including phenoxy) is 1. The number of quaternary nitrogens is 1. The van der Waals surface area contributed by atoms with Crippen molar-refractivity contribution in [2.75, 3.05) is 32.8 Å². The Kier molecular flexibility index (Phi) is 6.37. The Morgan fingerprint density at radius 2 is 1.50 bits per heavy atom. The fourth-order valence-electron chi connectivity index (χ4n) is 2.68. The summed E-state index contributed by atoms with van der Waals surface area (Å²) in [5.41, 5.74) is 0. The van der Waals surface area contributed by atoms with Gasteiger partial charge < -0.3 is 9.22 Å². The van der Waals surface area contributed by atoms with Gasteiger partial charge in [-0.25, -0.2) is 0 Å². The summed E-state index contributed by atoms with van der Waals surface area (Å²) in [5.74, 6) is 0. The van der Waals surface area contributed by atoms with Crippen LogP contribution in [0.25, 0.3) is 0 Å². The van der Waals surface area contributed by atoms with E-state index in [0.717, 1.165) is 6.61 Å². The SMILES string of the molecule is CCCC[N+](CCC)(CCCC)CC1CO1. The highest BCUT2D eigenvalue weighted by atomic mass is 16.6. The average molecular weight is 228 g/mol. The summed E-state index contributed by atoms with van der Waals surface area (Å²) in [6.07, 6.45) is 7.27. The summed E-state index contributed by atoms with van der Waals surface area (Å²) < 4.78 is 6.78. The van der Waals surface area contributed by atoms with Gasteiger partial charge in [0.2, 0.25) is 0 Å². The van der Waals surface area contributed by atoms with E-state index in [1.807, 2.05) is 0 Å². The maximum atomic E-state index is 5.45. The first-order chi connectivity index (χ1) is 7.76. The quantitative estimate of drug-likeness (QED) is 0.413. The summed E-state index contributed by atoms with van der Waals surface area (Å²) in [6.45, 7) is 13.3. The molecule has 0 aromatic heterocycles. The van der Waals surface area contributed by atoms with Gasteiger partial charge in [-0.1, -0.05) is 33.6 Å². The lowest BCUT2D eigenvalue weighted by Gasteiger charge is -2.38. The molecule has 1 rings (SSSR count). The van der Waals surface area contributed by atoms with Crippen LogP contribution >= 0.6 is 0 Å². The van der Waals surface area contributed by atoms with Crippen LogP contribution < -0.4 is 0 Å². The van der Waals surface area contributed by atoms with Crippen molar-refractivity contribution in [3.8, 4) is 0 Å². The highest BCUT2D eigenvalue weighted by Gasteiger charge is 2.35. The van der Waals surface area contributed by atoms with Crippen molar-refractivity contribution in [2.24, 2.45) is 0 Å². The van der Waals surface area contributed by atoms with E-state index in [-0.39, 0.29) is 0 Å². The van der Waals surface area contributed by atoms with Gasteiger partial charge in [0.15, 0.2) is 0 Å². The molecule has 1 saturated heterocycles. The summed E-state index contributed by atoms with van der Waals surface area (Å²) >= 11 is 0. The number of rotatable bonds is 10. The summed E-state index contributed by atoms with van der Waals surface area (Å²) in [5, 5.41) is 0. The van der Waals surface area contributed by atoms with E-state index in [0.29, 0.717) is 6.10 Å².